The summed E-state index contributed by atoms with van der Waals surface area (Å²) < 4.78 is 12.5. The van der Waals surface area contributed by atoms with Gasteiger partial charge in [0.1, 0.15) is 6.61 Å². The van der Waals surface area contributed by atoms with Crippen molar-refractivity contribution in [2.75, 3.05) is 6.61 Å². The fourth-order valence-corrected chi connectivity index (χ4v) is 4.38. The molecule has 4 rings (SSSR count). The van der Waals surface area contributed by atoms with Crippen LogP contribution in [0.4, 0.5) is 0 Å². The van der Waals surface area contributed by atoms with Gasteiger partial charge in [-0.15, -0.1) is 0 Å². The smallest absolute Gasteiger partial charge is 0.279 e. The zero-order chi connectivity index (χ0) is 23.9. The molecule has 0 aromatic heterocycles. The molecule has 0 saturated carbocycles. The van der Waals surface area contributed by atoms with Crippen LogP contribution in [0.15, 0.2) is 87.2 Å². The Bertz CT molecular complexity index is 1260. The van der Waals surface area contributed by atoms with Crippen LogP contribution in [0, 0.1) is 0 Å². The first-order chi connectivity index (χ1) is 16.5. The zero-order valence-corrected chi connectivity index (χ0v) is 20.7. The third-order valence-corrected chi connectivity index (χ3v) is 6.36. The number of halogens is 1. The van der Waals surface area contributed by atoms with Gasteiger partial charge in [-0.2, -0.15) is 4.99 Å². The molecule has 8 heteroatoms. The van der Waals surface area contributed by atoms with Crippen LogP contribution in [0.2, 0.25) is 0 Å². The summed E-state index contributed by atoms with van der Waals surface area (Å²) in [6.45, 7) is 2.77. The molecule has 0 aliphatic carbocycles. The molecule has 1 heterocycles. The van der Waals surface area contributed by atoms with Crippen LogP contribution in [0.5, 0.6) is 11.5 Å². The van der Waals surface area contributed by atoms with Crippen LogP contribution in [0.1, 0.15) is 28.4 Å². The predicted octanol–water partition coefficient (Wildman–Crippen LogP) is 5.83. The molecule has 6 nitrogen and oxygen atoms in total. The van der Waals surface area contributed by atoms with Crippen LogP contribution >= 0.6 is 27.7 Å². The number of nitrogens with one attached hydrogen (secondary N) is 1. The number of carbonyl (C=O) groups is 2. The topological polar surface area (TPSA) is 77.0 Å². The fourth-order valence-electron chi connectivity index (χ4n) is 3.14. The van der Waals surface area contributed by atoms with E-state index in [1.807, 2.05) is 55.5 Å². The molecular weight excluding hydrogens is 516 g/mol. The van der Waals surface area contributed by atoms with E-state index in [1.54, 1.807) is 30.3 Å². The van der Waals surface area contributed by atoms with Gasteiger partial charge in [0.25, 0.3) is 11.8 Å². The molecule has 34 heavy (non-hydrogen) atoms. The minimum absolute atomic E-state index is 0.245. The number of hydrogen-bond donors (Lipinski definition) is 1. The molecule has 3 aromatic rings. The number of thioether (sulfide) groups is 1. The van der Waals surface area contributed by atoms with Gasteiger partial charge in [-0.05, 0) is 60.2 Å². The lowest BCUT2D eigenvalue weighted by Gasteiger charge is -2.14. The van der Waals surface area contributed by atoms with Crippen molar-refractivity contribution in [2.24, 2.45) is 4.99 Å². The molecule has 1 fully saturated rings. The number of amidine groups is 1. The van der Waals surface area contributed by atoms with Gasteiger partial charge in [0.05, 0.1) is 11.5 Å². The van der Waals surface area contributed by atoms with E-state index >= 15 is 0 Å². The first kappa shape index (κ1) is 23.8. The average Bonchev–Trinajstić information content (AvgIpc) is 3.19. The van der Waals surface area contributed by atoms with Gasteiger partial charge < -0.3 is 14.8 Å². The maximum atomic E-state index is 12.5. The molecule has 172 valence electrons. The lowest BCUT2D eigenvalue weighted by molar-refractivity contribution is -0.115. The second-order valence-electron chi connectivity index (χ2n) is 7.18. The summed E-state index contributed by atoms with van der Waals surface area (Å²) in [6, 6.07) is 22.2. The summed E-state index contributed by atoms with van der Waals surface area (Å²) in [5.74, 6) is 0.437. The van der Waals surface area contributed by atoms with Gasteiger partial charge in [0, 0.05) is 10.0 Å². The number of ether oxygens (including phenoxy) is 2. The number of hydrogen-bond acceptors (Lipinski definition) is 5. The van der Waals surface area contributed by atoms with Crippen molar-refractivity contribution in [3.63, 3.8) is 0 Å². The third-order valence-electron chi connectivity index (χ3n) is 4.76. The molecule has 0 spiro atoms. The second-order valence-corrected chi connectivity index (χ2v) is 9.07. The summed E-state index contributed by atoms with van der Waals surface area (Å²) >= 11 is 4.68. The highest BCUT2D eigenvalue weighted by molar-refractivity contribution is 9.10. The summed E-state index contributed by atoms with van der Waals surface area (Å²) in [7, 11) is 0. The molecule has 2 amide bonds. The van der Waals surface area contributed by atoms with Gasteiger partial charge in [0.15, 0.2) is 16.7 Å². The molecule has 0 bridgehead atoms. The zero-order valence-electron chi connectivity index (χ0n) is 18.3. The lowest BCUT2D eigenvalue weighted by Crippen LogP contribution is -2.20. The van der Waals surface area contributed by atoms with Crippen molar-refractivity contribution in [1.82, 2.24) is 5.32 Å². The Hall–Kier alpha value is -3.36. The van der Waals surface area contributed by atoms with E-state index in [0.29, 0.717) is 35.2 Å². The molecule has 1 N–H and O–H groups in total. The van der Waals surface area contributed by atoms with Gasteiger partial charge >= 0.3 is 0 Å². The monoisotopic (exact) mass is 536 g/mol. The lowest BCUT2D eigenvalue weighted by atomic mass is 10.1. The first-order valence-electron chi connectivity index (χ1n) is 10.6. The number of aliphatic imine (C=N–C) groups is 1. The molecule has 0 unspecified atom stereocenters. The van der Waals surface area contributed by atoms with E-state index in [9.17, 15) is 9.59 Å². The number of carbonyl (C=O) groups excluding carboxylic acids is 2. The SMILES string of the molecule is CCOc1cc(/C=C2\SC(=NC(=O)c3ccccc3)NC2=O)c(Br)cc1OCc1ccccc1. The minimum atomic E-state index is -0.413. The van der Waals surface area contributed by atoms with E-state index in [2.05, 4.69) is 26.2 Å². The van der Waals surface area contributed by atoms with Crippen LogP contribution in [0.3, 0.4) is 0 Å². The standard InChI is InChI=1S/C26H21BrN2O4S/c1-2-32-21-13-19(20(27)15-22(21)33-16-17-9-5-3-6-10-17)14-23-25(31)29-26(34-23)28-24(30)18-11-7-4-8-12-18/h3-15H,2,16H2,1H3,(H,28,29,30,31)/b23-14-. The first-order valence-corrected chi connectivity index (χ1v) is 12.2. The van der Waals surface area contributed by atoms with E-state index in [-0.39, 0.29) is 11.1 Å². The van der Waals surface area contributed by atoms with Crippen molar-refractivity contribution >= 4 is 50.7 Å². The maximum absolute atomic E-state index is 12.5. The van der Waals surface area contributed by atoms with Crippen LogP contribution in [-0.4, -0.2) is 23.6 Å². The Morgan fingerprint density at radius 3 is 2.41 bits per heavy atom. The van der Waals surface area contributed by atoms with Crippen molar-refractivity contribution in [3.8, 4) is 11.5 Å². The van der Waals surface area contributed by atoms with Crippen molar-refractivity contribution < 1.29 is 19.1 Å². The summed E-state index contributed by atoms with van der Waals surface area (Å²) in [4.78, 5) is 29.3. The highest BCUT2D eigenvalue weighted by atomic mass is 79.9. The molecule has 0 atom stereocenters. The molecule has 1 aliphatic rings. The normalized spacial score (nSPS) is 15.4. The highest BCUT2D eigenvalue weighted by Gasteiger charge is 2.25. The predicted molar refractivity (Wildman–Crippen MR) is 138 cm³/mol. The number of nitrogens with zero attached hydrogens (tertiary/aromatic N) is 1. The van der Waals surface area contributed by atoms with Crippen molar-refractivity contribution in [2.45, 2.75) is 13.5 Å². The average molecular weight is 537 g/mol. The van der Waals surface area contributed by atoms with Crippen LogP contribution in [0.25, 0.3) is 6.08 Å². The number of benzene rings is 3. The maximum Gasteiger partial charge on any atom is 0.279 e. The van der Waals surface area contributed by atoms with E-state index in [0.717, 1.165) is 27.4 Å². The van der Waals surface area contributed by atoms with Crippen molar-refractivity contribution in [1.29, 1.82) is 0 Å². The van der Waals surface area contributed by atoms with Crippen LogP contribution < -0.4 is 14.8 Å². The number of rotatable bonds is 7. The molecule has 0 radical (unpaired) electrons. The highest BCUT2D eigenvalue weighted by Crippen LogP contribution is 2.37. The second kappa shape index (κ2) is 11.2. The van der Waals surface area contributed by atoms with Gasteiger partial charge in [-0.25, -0.2) is 0 Å². The quantitative estimate of drug-likeness (QED) is 0.384. The molecular formula is C26H21BrN2O4S. The molecule has 1 aliphatic heterocycles. The van der Waals surface area contributed by atoms with Crippen molar-refractivity contribution in [3.05, 3.63) is 98.9 Å². The Kier molecular flexibility index (Phi) is 7.82. The third kappa shape index (κ3) is 5.95. The Morgan fingerprint density at radius 1 is 1.03 bits per heavy atom. The summed E-state index contributed by atoms with van der Waals surface area (Å²) in [5, 5.41) is 2.89. The molecule has 1 saturated heterocycles. The van der Waals surface area contributed by atoms with Gasteiger partial charge in [-0.1, -0.05) is 64.5 Å². The Balaban J connectivity index is 1.54. The Morgan fingerprint density at radius 2 is 1.71 bits per heavy atom. The van der Waals surface area contributed by atoms with Gasteiger partial charge in [0.2, 0.25) is 0 Å². The van der Waals surface area contributed by atoms with Gasteiger partial charge in [-0.3, -0.25) is 9.59 Å². The summed E-state index contributed by atoms with van der Waals surface area (Å²) in [5.41, 5.74) is 2.24. The fraction of sp³-hybridized carbons (Fsp3) is 0.115. The van der Waals surface area contributed by atoms with E-state index < -0.39 is 5.91 Å². The molecule has 3 aromatic carbocycles. The van der Waals surface area contributed by atoms with E-state index in [1.165, 1.54) is 0 Å². The summed E-state index contributed by atoms with van der Waals surface area (Å²) in [6.07, 6.45) is 1.73. The van der Waals surface area contributed by atoms with E-state index in [4.69, 9.17) is 9.47 Å². The largest absolute Gasteiger partial charge is 0.490 e. The minimum Gasteiger partial charge on any atom is -0.490 e. The Labute approximate surface area is 210 Å². The van der Waals surface area contributed by atoms with Crippen LogP contribution in [-0.2, 0) is 11.4 Å². The number of amides is 2.